The van der Waals surface area contributed by atoms with Gasteiger partial charge in [0.05, 0.1) is 6.04 Å². The van der Waals surface area contributed by atoms with Gasteiger partial charge in [-0.3, -0.25) is 19.3 Å². The van der Waals surface area contributed by atoms with E-state index in [2.05, 4.69) is 15.6 Å². The number of carbonyl (C=O) groups is 3. The molecule has 4 fully saturated rings. The quantitative estimate of drug-likeness (QED) is 0.118. The first-order valence-corrected chi connectivity index (χ1v) is 20.2. The van der Waals surface area contributed by atoms with E-state index < -0.39 is 28.9 Å². The minimum absolute atomic E-state index is 0.107. The highest BCUT2D eigenvalue weighted by Gasteiger charge is 2.63. The van der Waals surface area contributed by atoms with Gasteiger partial charge in [0, 0.05) is 32.9 Å². The van der Waals surface area contributed by atoms with Crippen molar-refractivity contribution in [3.8, 4) is 0 Å². The van der Waals surface area contributed by atoms with Crippen LogP contribution in [-0.2, 0) is 4.79 Å². The van der Waals surface area contributed by atoms with Crippen LogP contribution in [0.15, 0.2) is 50.0 Å². The number of rotatable bonds is 4. The third-order valence-corrected chi connectivity index (χ3v) is 13.1. The largest absolute Gasteiger partial charge is 0.465 e. The Kier molecular flexibility index (Phi) is 9.85. The maximum absolute atomic E-state index is 14.0. The van der Waals surface area contributed by atoms with Gasteiger partial charge in [0.1, 0.15) is 33.7 Å². The van der Waals surface area contributed by atoms with E-state index in [0.29, 0.717) is 56.3 Å². The van der Waals surface area contributed by atoms with E-state index in [1.54, 1.807) is 36.4 Å². The van der Waals surface area contributed by atoms with Crippen molar-refractivity contribution < 1.29 is 28.3 Å². The molecule has 56 heavy (non-hydrogen) atoms. The smallest absolute Gasteiger partial charge is 0.408 e. The van der Waals surface area contributed by atoms with Crippen LogP contribution >= 0.6 is 23.2 Å². The number of nitrogens with one attached hydrogen (secondary N) is 3. The van der Waals surface area contributed by atoms with Crippen LogP contribution in [0.2, 0.25) is 10.0 Å². The van der Waals surface area contributed by atoms with E-state index in [1.807, 2.05) is 20.8 Å². The fourth-order valence-electron chi connectivity index (χ4n) is 9.96. The van der Waals surface area contributed by atoms with Gasteiger partial charge in [-0.15, -0.1) is 0 Å². The lowest BCUT2D eigenvalue weighted by Crippen LogP contribution is -2.64. The third kappa shape index (κ3) is 6.51. The van der Waals surface area contributed by atoms with Gasteiger partial charge in [0.2, 0.25) is 11.3 Å². The van der Waals surface area contributed by atoms with Crippen LogP contribution in [0.4, 0.5) is 10.5 Å². The molecule has 6 N–H and O–H groups in total. The molecular weight excluding hydrogens is 759 g/mol. The average Bonchev–Trinajstić information content (AvgIpc) is 3.92. The van der Waals surface area contributed by atoms with E-state index in [4.69, 9.17) is 42.8 Å². The SMILES string of the molecule is CC(C)(C)[C@]1(C(=O)Nc2c(C(N)=O)oc3ccc(Cl)cc23)CC2CCCCC2N1C(=O)O.O=c1[nH]c([C@@H]2CC3CCCCC3N2)nc2c1oc1ccc(Cl)cc12. The van der Waals surface area contributed by atoms with E-state index in [0.717, 1.165) is 37.5 Å². The van der Waals surface area contributed by atoms with Gasteiger partial charge >= 0.3 is 6.09 Å². The van der Waals surface area contributed by atoms with Crippen molar-refractivity contribution in [2.45, 2.75) is 109 Å². The zero-order chi connectivity index (χ0) is 39.7. The number of halogens is 2. The molecule has 0 bridgehead atoms. The highest BCUT2D eigenvalue weighted by molar-refractivity contribution is 6.32. The number of likely N-dealkylation sites (tertiary alicyclic amines) is 1. The number of primary amides is 1. The van der Waals surface area contributed by atoms with Gasteiger partial charge < -0.3 is 35.3 Å². The summed E-state index contributed by atoms with van der Waals surface area (Å²) in [6.07, 6.45) is 9.00. The number of hydrogen-bond donors (Lipinski definition) is 5. The third-order valence-electron chi connectivity index (χ3n) is 12.6. The Bertz CT molecular complexity index is 2420. The monoisotopic (exact) mass is 804 g/mol. The maximum Gasteiger partial charge on any atom is 0.408 e. The lowest BCUT2D eigenvalue weighted by Gasteiger charge is -2.46. The van der Waals surface area contributed by atoms with Crippen LogP contribution in [0.5, 0.6) is 0 Å². The first-order valence-electron chi connectivity index (χ1n) is 19.4. The highest BCUT2D eigenvalue weighted by atomic mass is 35.5. The molecule has 2 aliphatic carbocycles. The van der Waals surface area contributed by atoms with Gasteiger partial charge in [-0.1, -0.05) is 69.7 Å². The number of fused-ring (bicyclic) bond motifs is 6. The van der Waals surface area contributed by atoms with Gasteiger partial charge in [0.25, 0.3) is 17.4 Å². The maximum atomic E-state index is 14.0. The number of carboxylic acid groups (broad SMARTS) is 1. The Morgan fingerprint density at radius 3 is 2.25 bits per heavy atom. The second-order valence-corrected chi connectivity index (χ2v) is 17.7. The zero-order valence-electron chi connectivity index (χ0n) is 31.5. The summed E-state index contributed by atoms with van der Waals surface area (Å²) in [5.41, 5.74) is 5.22. The van der Waals surface area contributed by atoms with Crippen molar-refractivity contribution in [1.82, 2.24) is 20.2 Å². The number of hydrogen-bond acceptors (Lipinski definition) is 8. The molecule has 2 aromatic carbocycles. The molecule has 5 heterocycles. The molecular formula is C41H46Cl2N6O7. The molecule has 2 aliphatic heterocycles. The summed E-state index contributed by atoms with van der Waals surface area (Å²) < 4.78 is 11.3. The van der Waals surface area contributed by atoms with E-state index >= 15 is 0 Å². The van der Waals surface area contributed by atoms with E-state index in [9.17, 15) is 24.3 Å². The number of furan rings is 2. The summed E-state index contributed by atoms with van der Waals surface area (Å²) in [4.78, 5) is 60.1. The normalized spacial score (nSPS) is 26.2. The fraction of sp³-hybridized carbons (Fsp3) is 0.488. The van der Waals surface area contributed by atoms with Crippen molar-refractivity contribution >= 4 is 79.8 Å². The zero-order valence-corrected chi connectivity index (χ0v) is 33.1. The number of anilines is 1. The lowest BCUT2D eigenvalue weighted by atomic mass is 9.69. The summed E-state index contributed by atoms with van der Waals surface area (Å²) in [6.45, 7) is 5.62. The van der Waals surface area contributed by atoms with Crippen LogP contribution in [0.25, 0.3) is 33.0 Å². The van der Waals surface area contributed by atoms with Crippen LogP contribution in [0, 0.1) is 17.3 Å². The molecule has 296 valence electrons. The van der Waals surface area contributed by atoms with Gasteiger partial charge in [0.15, 0.2) is 0 Å². The molecule has 5 aromatic rings. The Morgan fingerprint density at radius 1 is 0.946 bits per heavy atom. The Labute approximate surface area is 332 Å². The summed E-state index contributed by atoms with van der Waals surface area (Å²) >= 11 is 12.2. The molecule has 2 saturated heterocycles. The highest BCUT2D eigenvalue weighted by Crippen LogP contribution is 2.53. The number of aromatic nitrogens is 2. The predicted octanol–water partition coefficient (Wildman–Crippen LogP) is 8.77. The molecule has 4 aliphatic rings. The molecule has 2 saturated carbocycles. The second kappa shape index (κ2) is 14.4. The molecule has 9 rings (SSSR count). The Hall–Kier alpha value is -4.59. The lowest BCUT2D eigenvalue weighted by molar-refractivity contribution is -0.133. The molecule has 0 radical (unpaired) electrons. The number of H-pyrrole nitrogens is 1. The molecule has 4 unspecified atom stereocenters. The van der Waals surface area contributed by atoms with E-state index in [-0.39, 0.29) is 40.6 Å². The van der Waals surface area contributed by atoms with Crippen LogP contribution in [0.3, 0.4) is 0 Å². The van der Waals surface area contributed by atoms with Crippen molar-refractivity contribution in [2.24, 2.45) is 23.0 Å². The number of nitrogens with zero attached hydrogens (tertiary/aromatic N) is 2. The molecule has 3 aromatic heterocycles. The summed E-state index contributed by atoms with van der Waals surface area (Å²) in [5.74, 6) is -0.0163. The Balaban J connectivity index is 0.000000163. The van der Waals surface area contributed by atoms with Crippen LogP contribution < -0.4 is 21.9 Å². The summed E-state index contributed by atoms with van der Waals surface area (Å²) in [6, 6.07) is 10.6. The van der Waals surface area contributed by atoms with Gasteiger partial charge in [-0.05, 0) is 92.2 Å². The summed E-state index contributed by atoms with van der Waals surface area (Å²) in [7, 11) is 0. The van der Waals surface area contributed by atoms with Crippen molar-refractivity contribution in [3.05, 3.63) is 68.4 Å². The van der Waals surface area contributed by atoms with Gasteiger partial charge in [-0.2, -0.15) is 0 Å². The molecule has 6 atom stereocenters. The number of nitrogens with two attached hydrogens (primary N) is 1. The number of aromatic amines is 1. The van der Waals surface area contributed by atoms with Crippen LogP contribution in [0.1, 0.15) is 107 Å². The molecule has 0 spiro atoms. The number of benzene rings is 2. The topological polar surface area (TPSA) is 197 Å². The van der Waals surface area contributed by atoms with Crippen molar-refractivity contribution in [3.63, 3.8) is 0 Å². The number of carbonyl (C=O) groups excluding carboxylic acids is 2. The summed E-state index contributed by atoms with van der Waals surface area (Å²) in [5, 5.41) is 18.9. The molecule has 13 nitrogen and oxygen atoms in total. The average molecular weight is 806 g/mol. The van der Waals surface area contributed by atoms with Gasteiger partial charge in [-0.25, -0.2) is 9.78 Å². The first-order chi connectivity index (χ1) is 26.7. The van der Waals surface area contributed by atoms with E-state index in [1.165, 1.54) is 30.6 Å². The standard InChI is InChI=1S/C23H28ClN3O5.C18H18ClN3O2/c1-22(2,3)23(11-12-6-4-5-7-15(12)27(23)21(30)31)20(29)26-17-14-10-13(24)8-9-16(14)32-18(17)19(25)28;19-10-5-6-14-11(8-10)15-16(24-14)18(23)22-17(21-15)13-7-9-3-1-2-4-12(9)20-13/h8-10,12,15H,4-7,11H2,1-3H3,(H2,25,28)(H,26,29)(H,30,31);5-6,8-9,12-13,20H,1-4,7H2,(H,21,22,23)/t12?,15?,23-;9?,12?,13-/m10/s1. The van der Waals surface area contributed by atoms with Crippen molar-refractivity contribution in [2.75, 3.05) is 5.32 Å². The minimum Gasteiger partial charge on any atom is -0.465 e. The fourth-order valence-corrected chi connectivity index (χ4v) is 10.3. The first kappa shape index (κ1) is 38.3. The number of amides is 3. The minimum atomic E-state index is -1.32. The van der Waals surface area contributed by atoms with Crippen molar-refractivity contribution in [1.29, 1.82) is 0 Å². The second-order valence-electron chi connectivity index (χ2n) is 16.8. The predicted molar refractivity (Wildman–Crippen MR) is 214 cm³/mol. The molecule has 3 amide bonds. The molecule has 15 heteroatoms. The van der Waals surface area contributed by atoms with Crippen LogP contribution in [-0.4, -0.2) is 55.5 Å². The Morgan fingerprint density at radius 2 is 1.59 bits per heavy atom.